The number of hydrogen-bond acceptors (Lipinski definition) is 5. The third-order valence-electron chi connectivity index (χ3n) is 3.96. The molecule has 0 spiro atoms. The van der Waals surface area contributed by atoms with Gasteiger partial charge in [0.2, 0.25) is 0 Å². The van der Waals surface area contributed by atoms with Gasteiger partial charge in [-0.15, -0.1) is 11.3 Å². The van der Waals surface area contributed by atoms with Gasteiger partial charge in [-0.2, -0.15) is 0 Å². The fourth-order valence-electron chi connectivity index (χ4n) is 2.85. The van der Waals surface area contributed by atoms with Crippen LogP contribution in [-0.4, -0.2) is 28.0 Å². The minimum absolute atomic E-state index is 0.730. The van der Waals surface area contributed by atoms with Gasteiger partial charge in [0.25, 0.3) is 0 Å². The molecule has 1 unspecified atom stereocenters. The number of aromatic nitrogens is 3. The van der Waals surface area contributed by atoms with E-state index in [1.807, 2.05) is 13.1 Å². The van der Waals surface area contributed by atoms with Gasteiger partial charge in [0.1, 0.15) is 10.8 Å². The largest absolute Gasteiger partial charge is 0.317 e. The van der Waals surface area contributed by atoms with E-state index in [0.29, 0.717) is 0 Å². The highest BCUT2D eigenvalue weighted by molar-refractivity contribution is 7.09. The van der Waals surface area contributed by atoms with Crippen molar-refractivity contribution in [2.75, 3.05) is 13.1 Å². The van der Waals surface area contributed by atoms with Crippen LogP contribution in [-0.2, 0) is 19.3 Å². The van der Waals surface area contributed by atoms with Crippen LogP contribution in [0.1, 0.15) is 41.1 Å². The molecule has 3 rings (SSSR count). The van der Waals surface area contributed by atoms with Gasteiger partial charge < -0.3 is 5.32 Å². The number of nitrogens with zero attached hydrogens (tertiary/aromatic N) is 3. The summed E-state index contributed by atoms with van der Waals surface area (Å²) in [5, 5.41) is 6.63. The highest BCUT2D eigenvalue weighted by Gasteiger charge is 2.20. The predicted molar refractivity (Wildman–Crippen MR) is 85.7 cm³/mol. The maximum Gasteiger partial charge on any atom is 0.135 e. The molecule has 0 saturated carbocycles. The Bertz CT molecular complexity index is 608. The van der Waals surface area contributed by atoms with Gasteiger partial charge in [-0.1, -0.05) is 6.92 Å². The van der Waals surface area contributed by atoms with E-state index >= 15 is 0 Å². The maximum atomic E-state index is 4.77. The minimum Gasteiger partial charge on any atom is -0.317 e. The summed E-state index contributed by atoms with van der Waals surface area (Å²) in [6.07, 6.45) is 6.21. The Kier molecular flexibility index (Phi) is 4.60. The second kappa shape index (κ2) is 6.62. The van der Waals surface area contributed by atoms with E-state index in [2.05, 4.69) is 27.6 Å². The zero-order valence-corrected chi connectivity index (χ0v) is 13.5. The lowest BCUT2D eigenvalue weighted by molar-refractivity contribution is 0.423. The van der Waals surface area contributed by atoms with Gasteiger partial charge >= 0.3 is 0 Å². The van der Waals surface area contributed by atoms with Crippen LogP contribution < -0.4 is 5.32 Å². The van der Waals surface area contributed by atoms with E-state index in [4.69, 9.17) is 4.98 Å². The maximum absolute atomic E-state index is 4.77. The number of nitrogens with one attached hydrogen (secondary N) is 1. The Hall–Kier alpha value is -1.33. The fourth-order valence-corrected chi connectivity index (χ4v) is 3.62. The lowest BCUT2D eigenvalue weighted by Crippen LogP contribution is -2.27. The second-order valence-electron chi connectivity index (χ2n) is 5.73. The number of thiazole rings is 1. The van der Waals surface area contributed by atoms with Crippen LogP contribution in [0, 0.1) is 12.8 Å². The van der Waals surface area contributed by atoms with Gasteiger partial charge in [0, 0.05) is 23.0 Å². The Labute approximate surface area is 130 Å². The summed E-state index contributed by atoms with van der Waals surface area (Å²) < 4.78 is 0. The molecule has 0 bridgehead atoms. The molecular weight excluding hydrogens is 280 g/mol. The second-order valence-corrected chi connectivity index (χ2v) is 6.68. The van der Waals surface area contributed by atoms with Gasteiger partial charge in [0.15, 0.2) is 0 Å². The van der Waals surface area contributed by atoms with E-state index in [-0.39, 0.29) is 0 Å². The Morgan fingerprint density at radius 1 is 1.38 bits per heavy atom. The molecule has 0 fully saturated rings. The van der Waals surface area contributed by atoms with Crippen LogP contribution >= 0.6 is 11.3 Å². The summed E-state index contributed by atoms with van der Waals surface area (Å²) in [6, 6.07) is 0. The van der Waals surface area contributed by atoms with Crippen LogP contribution in [0.5, 0.6) is 0 Å². The quantitative estimate of drug-likeness (QED) is 0.922. The molecule has 1 atom stereocenters. The molecule has 0 radical (unpaired) electrons. The molecule has 5 heteroatoms. The van der Waals surface area contributed by atoms with Crippen molar-refractivity contribution in [3.63, 3.8) is 0 Å². The fraction of sp³-hybridized carbons (Fsp3) is 0.562. The van der Waals surface area contributed by atoms with E-state index in [1.165, 1.54) is 17.7 Å². The molecular formula is C16H22N4S. The van der Waals surface area contributed by atoms with Crippen LogP contribution in [0.4, 0.5) is 0 Å². The molecule has 0 aliphatic heterocycles. The zero-order valence-electron chi connectivity index (χ0n) is 12.7. The summed E-state index contributed by atoms with van der Waals surface area (Å²) >= 11 is 1.69. The number of fused-ring (bicyclic) bond motifs is 1. The van der Waals surface area contributed by atoms with Crippen LogP contribution in [0.25, 0.3) is 0 Å². The highest BCUT2D eigenvalue weighted by atomic mass is 32.1. The van der Waals surface area contributed by atoms with Crippen LogP contribution in [0.3, 0.4) is 0 Å². The summed E-state index contributed by atoms with van der Waals surface area (Å²) in [5.74, 6) is 1.64. The third kappa shape index (κ3) is 3.66. The molecule has 112 valence electrons. The molecule has 1 N–H and O–H groups in total. The van der Waals surface area contributed by atoms with E-state index in [9.17, 15) is 0 Å². The summed E-state index contributed by atoms with van der Waals surface area (Å²) in [5.41, 5.74) is 3.67. The molecule has 2 heterocycles. The molecule has 2 aromatic rings. The first-order valence-electron chi connectivity index (χ1n) is 7.70. The Morgan fingerprint density at radius 3 is 3.05 bits per heavy atom. The zero-order chi connectivity index (χ0) is 14.7. The van der Waals surface area contributed by atoms with Crippen molar-refractivity contribution in [2.24, 2.45) is 5.92 Å². The van der Waals surface area contributed by atoms with Crippen LogP contribution in [0.2, 0.25) is 0 Å². The number of hydrogen-bond donors (Lipinski definition) is 1. The first-order chi connectivity index (χ1) is 10.2. The predicted octanol–water partition coefficient (Wildman–Crippen LogP) is 2.55. The third-order valence-corrected chi connectivity index (χ3v) is 4.93. The van der Waals surface area contributed by atoms with Crippen molar-refractivity contribution in [3.05, 3.63) is 39.4 Å². The van der Waals surface area contributed by atoms with E-state index < -0.39 is 0 Å². The van der Waals surface area contributed by atoms with Crippen molar-refractivity contribution < 1.29 is 0 Å². The first kappa shape index (κ1) is 14.6. The highest BCUT2D eigenvalue weighted by Crippen LogP contribution is 2.24. The van der Waals surface area contributed by atoms with Gasteiger partial charge in [0.05, 0.1) is 6.42 Å². The summed E-state index contributed by atoms with van der Waals surface area (Å²) in [7, 11) is 0. The van der Waals surface area contributed by atoms with Crippen molar-refractivity contribution in [1.82, 2.24) is 20.3 Å². The van der Waals surface area contributed by atoms with Gasteiger partial charge in [-0.3, -0.25) is 0 Å². The normalized spacial score (nSPS) is 17.7. The average molecular weight is 302 g/mol. The molecule has 0 aromatic carbocycles. The molecule has 0 amide bonds. The Morgan fingerprint density at radius 2 is 2.29 bits per heavy atom. The molecule has 1 aliphatic carbocycles. The lowest BCUT2D eigenvalue weighted by atomic mass is 9.87. The monoisotopic (exact) mass is 302 g/mol. The van der Waals surface area contributed by atoms with Crippen molar-refractivity contribution >= 4 is 11.3 Å². The standard InChI is InChI=1S/C16H22N4S/c1-3-17-8-12-4-5-14-13(6-12)9-18-15(20-14)7-16-19-11(2)10-21-16/h9-10,12,17H,3-8H2,1-2H3. The number of rotatable bonds is 5. The molecule has 4 nitrogen and oxygen atoms in total. The van der Waals surface area contributed by atoms with Gasteiger partial charge in [-0.25, -0.2) is 15.0 Å². The Balaban J connectivity index is 1.68. The molecule has 1 aliphatic rings. The van der Waals surface area contributed by atoms with Crippen molar-refractivity contribution in [3.8, 4) is 0 Å². The minimum atomic E-state index is 0.730. The topological polar surface area (TPSA) is 50.7 Å². The molecule has 0 saturated heterocycles. The van der Waals surface area contributed by atoms with Crippen molar-refractivity contribution in [2.45, 2.75) is 39.5 Å². The van der Waals surface area contributed by atoms with Gasteiger partial charge in [-0.05, 0) is 50.8 Å². The summed E-state index contributed by atoms with van der Waals surface area (Å²) in [6.45, 7) is 6.34. The molecule has 2 aromatic heterocycles. The van der Waals surface area contributed by atoms with E-state index in [0.717, 1.165) is 54.8 Å². The smallest absolute Gasteiger partial charge is 0.135 e. The number of aryl methyl sites for hydroxylation is 2. The van der Waals surface area contributed by atoms with E-state index in [1.54, 1.807) is 11.3 Å². The average Bonchev–Trinajstić information content (AvgIpc) is 2.90. The lowest BCUT2D eigenvalue weighted by Gasteiger charge is -2.24. The van der Waals surface area contributed by atoms with Crippen molar-refractivity contribution in [1.29, 1.82) is 0 Å². The van der Waals surface area contributed by atoms with Crippen LogP contribution in [0.15, 0.2) is 11.6 Å². The summed E-state index contributed by atoms with van der Waals surface area (Å²) in [4.78, 5) is 13.8. The first-order valence-corrected chi connectivity index (χ1v) is 8.58. The SMILES string of the molecule is CCNCC1CCc2nc(Cc3nc(C)cs3)ncc2C1. The molecule has 21 heavy (non-hydrogen) atoms.